The number of ketones is 1. The number of aromatic nitrogens is 1. The van der Waals surface area contributed by atoms with Gasteiger partial charge in [0.2, 0.25) is 0 Å². The molecule has 0 radical (unpaired) electrons. The van der Waals surface area contributed by atoms with E-state index in [1.165, 1.54) is 12.3 Å². The van der Waals surface area contributed by atoms with Gasteiger partial charge < -0.3 is 5.73 Å². The highest BCUT2D eigenvalue weighted by molar-refractivity contribution is 7.91. The highest BCUT2D eigenvalue weighted by Crippen LogP contribution is 2.06. The molecular weight excluding hydrogens is 240 g/mol. The van der Waals surface area contributed by atoms with Crippen LogP contribution in [0, 0.1) is 0 Å². The standard InChI is InChI=1S/C11H16N2O3S/c1-2-6-17(15,16)7-5-11(14)10-4-3-9(12)8-13-10/h3-4,8H,2,5-7,12H2,1H3. The summed E-state index contributed by atoms with van der Waals surface area (Å²) in [5, 5.41) is 0. The van der Waals surface area contributed by atoms with Gasteiger partial charge in [0, 0.05) is 12.2 Å². The van der Waals surface area contributed by atoms with Crippen LogP contribution in [0.15, 0.2) is 18.3 Å². The number of nitrogens with two attached hydrogens (primary N) is 1. The van der Waals surface area contributed by atoms with Crippen LogP contribution in [0.1, 0.15) is 30.3 Å². The predicted octanol–water partition coefficient (Wildman–Crippen LogP) is 1.06. The predicted molar refractivity (Wildman–Crippen MR) is 66.5 cm³/mol. The van der Waals surface area contributed by atoms with Crippen molar-refractivity contribution in [3.05, 3.63) is 24.0 Å². The number of carbonyl (C=O) groups is 1. The van der Waals surface area contributed by atoms with Crippen molar-refractivity contribution in [2.75, 3.05) is 17.2 Å². The van der Waals surface area contributed by atoms with Crippen molar-refractivity contribution >= 4 is 21.3 Å². The lowest BCUT2D eigenvalue weighted by atomic mass is 10.2. The summed E-state index contributed by atoms with van der Waals surface area (Å²) in [4.78, 5) is 15.5. The van der Waals surface area contributed by atoms with Gasteiger partial charge in [0.15, 0.2) is 15.6 Å². The van der Waals surface area contributed by atoms with Crippen molar-refractivity contribution in [2.45, 2.75) is 19.8 Å². The fourth-order valence-electron chi connectivity index (χ4n) is 1.36. The van der Waals surface area contributed by atoms with Gasteiger partial charge in [-0.3, -0.25) is 9.78 Å². The summed E-state index contributed by atoms with van der Waals surface area (Å²) in [5.41, 5.74) is 6.17. The van der Waals surface area contributed by atoms with Crippen molar-refractivity contribution in [1.82, 2.24) is 4.98 Å². The number of nitrogens with zero attached hydrogens (tertiary/aromatic N) is 1. The Hall–Kier alpha value is -1.43. The van der Waals surface area contributed by atoms with Gasteiger partial charge in [-0.15, -0.1) is 0 Å². The number of pyridine rings is 1. The van der Waals surface area contributed by atoms with Crippen molar-refractivity contribution in [1.29, 1.82) is 0 Å². The molecule has 0 fully saturated rings. The molecule has 0 amide bonds. The second-order valence-corrected chi connectivity index (χ2v) is 6.11. The Morgan fingerprint density at radius 1 is 1.35 bits per heavy atom. The van der Waals surface area contributed by atoms with E-state index in [1.807, 2.05) is 0 Å². The maximum absolute atomic E-state index is 11.6. The molecule has 0 aliphatic carbocycles. The molecule has 0 spiro atoms. The topological polar surface area (TPSA) is 90.1 Å². The largest absolute Gasteiger partial charge is 0.397 e. The molecule has 0 unspecified atom stereocenters. The molecule has 0 bridgehead atoms. The van der Waals surface area contributed by atoms with Crippen LogP contribution in [-0.2, 0) is 9.84 Å². The minimum atomic E-state index is -3.12. The van der Waals surface area contributed by atoms with E-state index in [0.29, 0.717) is 12.1 Å². The Morgan fingerprint density at radius 2 is 2.06 bits per heavy atom. The number of sulfone groups is 1. The summed E-state index contributed by atoms with van der Waals surface area (Å²) < 4.78 is 22.9. The minimum absolute atomic E-state index is 0.0285. The van der Waals surface area contributed by atoms with Crippen LogP contribution >= 0.6 is 0 Å². The first-order valence-corrected chi connectivity index (χ1v) is 7.22. The highest BCUT2D eigenvalue weighted by atomic mass is 32.2. The normalized spacial score (nSPS) is 11.4. The van der Waals surface area contributed by atoms with E-state index in [9.17, 15) is 13.2 Å². The number of carbonyl (C=O) groups excluding carboxylic acids is 1. The Morgan fingerprint density at radius 3 is 2.59 bits per heavy atom. The molecule has 0 aliphatic rings. The van der Waals surface area contributed by atoms with Gasteiger partial charge >= 0.3 is 0 Å². The van der Waals surface area contributed by atoms with Crippen molar-refractivity contribution in [2.24, 2.45) is 0 Å². The molecular formula is C11H16N2O3S. The first-order chi connectivity index (χ1) is 7.94. The van der Waals surface area contributed by atoms with E-state index in [0.717, 1.165) is 0 Å². The molecule has 6 heteroatoms. The van der Waals surface area contributed by atoms with Crippen LogP contribution < -0.4 is 5.73 Å². The quantitative estimate of drug-likeness (QED) is 0.769. The van der Waals surface area contributed by atoms with E-state index in [-0.39, 0.29) is 29.4 Å². The van der Waals surface area contributed by atoms with Gasteiger partial charge in [-0.25, -0.2) is 8.42 Å². The van der Waals surface area contributed by atoms with E-state index in [2.05, 4.69) is 4.98 Å². The molecule has 94 valence electrons. The zero-order chi connectivity index (χ0) is 12.9. The van der Waals surface area contributed by atoms with Crippen LogP contribution in [0.5, 0.6) is 0 Å². The van der Waals surface area contributed by atoms with Crippen LogP contribution in [0.3, 0.4) is 0 Å². The Bertz CT molecular complexity index is 480. The smallest absolute Gasteiger partial charge is 0.182 e. The molecule has 0 saturated heterocycles. The zero-order valence-corrected chi connectivity index (χ0v) is 10.5. The van der Waals surface area contributed by atoms with E-state index >= 15 is 0 Å². The summed E-state index contributed by atoms with van der Waals surface area (Å²) in [5.74, 6) is -0.272. The van der Waals surface area contributed by atoms with Crippen molar-refractivity contribution < 1.29 is 13.2 Å². The monoisotopic (exact) mass is 256 g/mol. The molecule has 0 aromatic carbocycles. The van der Waals surface area contributed by atoms with Gasteiger partial charge in [0.05, 0.1) is 17.6 Å². The van der Waals surface area contributed by atoms with Crippen LogP contribution in [0.2, 0.25) is 0 Å². The molecule has 1 heterocycles. The minimum Gasteiger partial charge on any atom is -0.397 e. The Kier molecular flexibility index (Phi) is 4.62. The fraction of sp³-hybridized carbons (Fsp3) is 0.455. The van der Waals surface area contributed by atoms with Gasteiger partial charge in [0.25, 0.3) is 0 Å². The average Bonchev–Trinajstić information content (AvgIpc) is 2.27. The number of nitrogen functional groups attached to an aromatic ring is 1. The molecule has 0 atom stereocenters. The van der Waals surface area contributed by atoms with Gasteiger partial charge in [-0.2, -0.15) is 0 Å². The number of anilines is 1. The Labute approximate surface area is 101 Å². The van der Waals surface area contributed by atoms with E-state index < -0.39 is 9.84 Å². The highest BCUT2D eigenvalue weighted by Gasteiger charge is 2.14. The summed E-state index contributed by atoms with van der Waals surface area (Å²) in [6.45, 7) is 1.79. The van der Waals surface area contributed by atoms with Crippen LogP contribution in [0.25, 0.3) is 0 Å². The lowest BCUT2D eigenvalue weighted by molar-refractivity contribution is 0.0984. The average molecular weight is 256 g/mol. The first-order valence-electron chi connectivity index (χ1n) is 5.40. The fourth-order valence-corrected chi connectivity index (χ4v) is 2.68. The maximum atomic E-state index is 11.6. The number of hydrogen-bond acceptors (Lipinski definition) is 5. The number of rotatable bonds is 6. The van der Waals surface area contributed by atoms with Gasteiger partial charge in [-0.1, -0.05) is 6.92 Å². The molecule has 2 N–H and O–H groups in total. The van der Waals surface area contributed by atoms with E-state index in [4.69, 9.17) is 5.73 Å². The SMILES string of the molecule is CCCS(=O)(=O)CCC(=O)c1ccc(N)cn1. The summed E-state index contributed by atoms with van der Waals surface area (Å²) in [6, 6.07) is 3.07. The third kappa shape index (κ3) is 4.52. The van der Waals surface area contributed by atoms with Crippen LogP contribution in [0.4, 0.5) is 5.69 Å². The first kappa shape index (κ1) is 13.6. The van der Waals surface area contributed by atoms with E-state index in [1.54, 1.807) is 13.0 Å². The van der Waals surface area contributed by atoms with Crippen LogP contribution in [-0.4, -0.2) is 30.7 Å². The molecule has 1 aromatic heterocycles. The third-order valence-electron chi connectivity index (χ3n) is 2.23. The van der Waals surface area contributed by atoms with Crippen molar-refractivity contribution in [3.8, 4) is 0 Å². The zero-order valence-electron chi connectivity index (χ0n) is 9.72. The lowest BCUT2D eigenvalue weighted by Crippen LogP contribution is -2.14. The second-order valence-electron chi connectivity index (χ2n) is 3.80. The third-order valence-corrected chi connectivity index (χ3v) is 4.08. The Balaban J connectivity index is 2.59. The molecule has 0 saturated carbocycles. The lowest BCUT2D eigenvalue weighted by Gasteiger charge is -2.02. The summed E-state index contributed by atoms with van der Waals surface area (Å²) in [7, 11) is -3.12. The summed E-state index contributed by atoms with van der Waals surface area (Å²) >= 11 is 0. The molecule has 1 aromatic rings. The molecule has 0 aliphatic heterocycles. The molecule has 17 heavy (non-hydrogen) atoms. The maximum Gasteiger partial charge on any atom is 0.182 e. The second kappa shape index (κ2) is 5.77. The number of hydrogen-bond donors (Lipinski definition) is 1. The molecule has 1 rings (SSSR count). The van der Waals surface area contributed by atoms with Gasteiger partial charge in [0.1, 0.15) is 5.69 Å². The number of Topliss-reactive ketones (excluding diaryl/α,β-unsaturated/α-hetero) is 1. The summed E-state index contributed by atoms with van der Waals surface area (Å²) in [6.07, 6.45) is 1.92. The molecule has 5 nitrogen and oxygen atoms in total. The van der Waals surface area contributed by atoms with Crippen molar-refractivity contribution in [3.63, 3.8) is 0 Å². The van der Waals surface area contributed by atoms with Gasteiger partial charge in [-0.05, 0) is 18.6 Å².